The van der Waals surface area contributed by atoms with Crippen molar-refractivity contribution in [2.24, 2.45) is 0 Å². The number of rotatable bonds is 2. The predicted octanol–water partition coefficient (Wildman–Crippen LogP) is 1.42. The van der Waals surface area contributed by atoms with Gasteiger partial charge in [-0.3, -0.25) is 9.59 Å². The van der Waals surface area contributed by atoms with Gasteiger partial charge in [0.25, 0.3) is 0 Å². The van der Waals surface area contributed by atoms with Crippen molar-refractivity contribution < 1.29 is 9.59 Å². The third-order valence-electron chi connectivity index (χ3n) is 2.72. The number of carbonyl (C=O) groups is 2. The van der Waals surface area contributed by atoms with E-state index in [-0.39, 0.29) is 18.4 Å². The molecule has 0 atom stereocenters. The highest BCUT2D eigenvalue weighted by Gasteiger charge is 2.17. The van der Waals surface area contributed by atoms with E-state index in [0.717, 1.165) is 11.3 Å². The zero-order valence-electron chi connectivity index (χ0n) is 10.3. The molecule has 18 heavy (non-hydrogen) atoms. The van der Waals surface area contributed by atoms with Crippen molar-refractivity contribution in [3.63, 3.8) is 0 Å². The zero-order chi connectivity index (χ0) is 13.0. The van der Waals surface area contributed by atoms with E-state index in [9.17, 15) is 9.59 Å². The second kappa shape index (κ2) is 5.82. The standard InChI is InChI=1S/C13H16N2O2S/c1-10-3-4-11(18-10)5-6-13(17)15-8-2-7-14-12(16)9-15/h3-6H,2,7-9H2,1H3,(H,14,16). The van der Waals surface area contributed by atoms with E-state index in [1.165, 1.54) is 4.88 Å². The lowest BCUT2D eigenvalue weighted by molar-refractivity contribution is -0.131. The zero-order valence-corrected chi connectivity index (χ0v) is 11.1. The molecule has 1 aliphatic heterocycles. The lowest BCUT2D eigenvalue weighted by atomic mass is 10.3. The van der Waals surface area contributed by atoms with Gasteiger partial charge in [0.1, 0.15) is 0 Å². The molecule has 2 amide bonds. The normalized spacial score (nSPS) is 16.7. The van der Waals surface area contributed by atoms with Gasteiger partial charge in [-0.2, -0.15) is 0 Å². The fraction of sp³-hybridized carbons (Fsp3) is 0.385. The van der Waals surface area contributed by atoms with Gasteiger partial charge in [0.15, 0.2) is 0 Å². The van der Waals surface area contributed by atoms with Crippen molar-refractivity contribution in [1.29, 1.82) is 0 Å². The number of thiophene rings is 1. The summed E-state index contributed by atoms with van der Waals surface area (Å²) in [7, 11) is 0. The van der Waals surface area contributed by atoms with Gasteiger partial charge in [0.2, 0.25) is 11.8 Å². The van der Waals surface area contributed by atoms with Crippen LogP contribution in [-0.2, 0) is 9.59 Å². The maximum Gasteiger partial charge on any atom is 0.247 e. The molecule has 0 spiro atoms. The van der Waals surface area contributed by atoms with E-state index < -0.39 is 0 Å². The number of carbonyl (C=O) groups excluding carboxylic acids is 2. The van der Waals surface area contributed by atoms with Crippen LogP contribution in [0.1, 0.15) is 16.2 Å². The monoisotopic (exact) mass is 264 g/mol. The molecular formula is C13H16N2O2S. The van der Waals surface area contributed by atoms with Crippen molar-refractivity contribution >= 4 is 29.2 Å². The topological polar surface area (TPSA) is 49.4 Å². The van der Waals surface area contributed by atoms with Crippen LogP contribution < -0.4 is 5.32 Å². The summed E-state index contributed by atoms with van der Waals surface area (Å²) in [5.41, 5.74) is 0. The van der Waals surface area contributed by atoms with Crippen LogP contribution in [0.2, 0.25) is 0 Å². The van der Waals surface area contributed by atoms with Crippen molar-refractivity contribution in [2.75, 3.05) is 19.6 Å². The minimum atomic E-state index is -0.0990. The van der Waals surface area contributed by atoms with Gasteiger partial charge in [0, 0.05) is 28.9 Å². The van der Waals surface area contributed by atoms with Crippen LogP contribution in [0.15, 0.2) is 18.2 Å². The minimum Gasteiger partial charge on any atom is -0.354 e. The van der Waals surface area contributed by atoms with E-state index in [4.69, 9.17) is 0 Å². The summed E-state index contributed by atoms with van der Waals surface area (Å²) < 4.78 is 0. The molecule has 1 aromatic heterocycles. The summed E-state index contributed by atoms with van der Waals surface area (Å²) in [6.07, 6.45) is 4.16. The maximum atomic E-state index is 11.9. The summed E-state index contributed by atoms with van der Waals surface area (Å²) in [5.74, 6) is -0.181. The molecule has 4 nitrogen and oxygen atoms in total. The molecule has 1 saturated heterocycles. The molecule has 96 valence electrons. The van der Waals surface area contributed by atoms with E-state index in [2.05, 4.69) is 5.32 Å². The first kappa shape index (κ1) is 12.8. The predicted molar refractivity (Wildman–Crippen MR) is 72.3 cm³/mol. The number of nitrogens with one attached hydrogen (secondary N) is 1. The summed E-state index contributed by atoms with van der Waals surface area (Å²) in [6, 6.07) is 4.01. The Labute approximate surface area is 110 Å². The highest BCUT2D eigenvalue weighted by Crippen LogP contribution is 2.16. The molecule has 0 aliphatic carbocycles. The number of nitrogens with zero attached hydrogens (tertiary/aromatic N) is 1. The molecule has 1 aliphatic rings. The number of hydrogen-bond donors (Lipinski definition) is 1. The molecule has 0 unspecified atom stereocenters. The SMILES string of the molecule is Cc1ccc(C=CC(=O)N2CCCNC(=O)C2)s1. The third kappa shape index (κ3) is 3.43. The van der Waals surface area contributed by atoms with E-state index >= 15 is 0 Å². The Bertz CT molecular complexity index is 479. The molecule has 0 radical (unpaired) electrons. The van der Waals surface area contributed by atoms with Gasteiger partial charge in [0.05, 0.1) is 6.54 Å². The first-order chi connectivity index (χ1) is 8.65. The lowest BCUT2D eigenvalue weighted by Crippen LogP contribution is -2.36. The Morgan fingerprint density at radius 1 is 1.50 bits per heavy atom. The van der Waals surface area contributed by atoms with Gasteiger partial charge < -0.3 is 10.2 Å². The summed E-state index contributed by atoms with van der Waals surface area (Å²) in [5, 5.41) is 2.75. The van der Waals surface area contributed by atoms with Crippen molar-refractivity contribution in [2.45, 2.75) is 13.3 Å². The number of aryl methyl sites for hydroxylation is 1. The first-order valence-corrected chi connectivity index (χ1v) is 6.77. The van der Waals surface area contributed by atoms with E-state index in [0.29, 0.717) is 13.1 Å². The maximum absolute atomic E-state index is 11.9. The molecule has 1 N–H and O–H groups in total. The van der Waals surface area contributed by atoms with E-state index in [1.807, 2.05) is 25.1 Å². The van der Waals surface area contributed by atoms with Crippen LogP contribution in [0.25, 0.3) is 6.08 Å². The molecule has 2 rings (SSSR count). The van der Waals surface area contributed by atoms with Crippen molar-refractivity contribution in [3.8, 4) is 0 Å². The van der Waals surface area contributed by atoms with Gasteiger partial charge >= 0.3 is 0 Å². The van der Waals surface area contributed by atoms with Crippen LogP contribution in [-0.4, -0.2) is 36.3 Å². The van der Waals surface area contributed by atoms with Crippen LogP contribution in [0.4, 0.5) is 0 Å². The van der Waals surface area contributed by atoms with Crippen LogP contribution in [0.5, 0.6) is 0 Å². The van der Waals surface area contributed by atoms with E-state index in [1.54, 1.807) is 22.3 Å². The summed E-state index contributed by atoms with van der Waals surface area (Å²) >= 11 is 1.64. The Balaban J connectivity index is 1.98. The molecule has 0 bridgehead atoms. The summed E-state index contributed by atoms with van der Waals surface area (Å²) in [6.45, 7) is 3.47. The molecule has 2 heterocycles. The van der Waals surface area contributed by atoms with Crippen LogP contribution in [0.3, 0.4) is 0 Å². The highest BCUT2D eigenvalue weighted by atomic mass is 32.1. The van der Waals surface area contributed by atoms with Crippen LogP contribution in [0, 0.1) is 6.92 Å². The van der Waals surface area contributed by atoms with Crippen molar-refractivity contribution in [3.05, 3.63) is 28.0 Å². The smallest absolute Gasteiger partial charge is 0.247 e. The molecule has 0 saturated carbocycles. The second-order valence-electron chi connectivity index (χ2n) is 4.25. The minimum absolute atomic E-state index is 0.0822. The molecule has 1 fully saturated rings. The quantitative estimate of drug-likeness (QED) is 0.821. The van der Waals surface area contributed by atoms with Crippen molar-refractivity contribution in [1.82, 2.24) is 10.2 Å². The largest absolute Gasteiger partial charge is 0.354 e. The highest BCUT2D eigenvalue weighted by molar-refractivity contribution is 7.12. The Morgan fingerprint density at radius 3 is 3.06 bits per heavy atom. The third-order valence-corrected chi connectivity index (χ3v) is 3.69. The van der Waals surface area contributed by atoms with Crippen LogP contribution >= 0.6 is 11.3 Å². The second-order valence-corrected chi connectivity index (χ2v) is 5.56. The Kier molecular flexibility index (Phi) is 4.15. The molecular weight excluding hydrogens is 248 g/mol. The Morgan fingerprint density at radius 2 is 2.33 bits per heavy atom. The van der Waals surface area contributed by atoms with Gasteiger partial charge in [-0.1, -0.05) is 0 Å². The summed E-state index contributed by atoms with van der Waals surface area (Å²) in [4.78, 5) is 27.1. The van der Waals surface area contributed by atoms with Gasteiger partial charge in [-0.25, -0.2) is 0 Å². The van der Waals surface area contributed by atoms with Gasteiger partial charge in [-0.05, 0) is 31.6 Å². The van der Waals surface area contributed by atoms with Gasteiger partial charge in [-0.15, -0.1) is 11.3 Å². The molecule has 1 aromatic rings. The fourth-order valence-electron chi connectivity index (χ4n) is 1.80. The number of amides is 2. The number of hydrogen-bond acceptors (Lipinski definition) is 3. The lowest BCUT2D eigenvalue weighted by Gasteiger charge is -2.16. The fourth-order valence-corrected chi connectivity index (χ4v) is 2.58. The molecule has 0 aromatic carbocycles. The Hall–Kier alpha value is -1.62. The average Bonchev–Trinajstić information content (AvgIpc) is 2.63. The molecule has 5 heteroatoms. The average molecular weight is 264 g/mol. The first-order valence-electron chi connectivity index (χ1n) is 5.95.